The van der Waals surface area contributed by atoms with Gasteiger partial charge < -0.3 is 14.2 Å². The molecule has 0 aromatic rings. The Kier molecular flexibility index (Phi) is 37.4. The molecule has 6 heteroatoms. The molecule has 0 saturated heterocycles. The summed E-state index contributed by atoms with van der Waals surface area (Å²) in [6.07, 6.45) is 36.7. The highest BCUT2D eigenvalue weighted by Gasteiger charge is 2.19. The van der Waals surface area contributed by atoms with E-state index >= 15 is 0 Å². The Morgan fingerprint density at radius 2 is 0.660 bits per heavy atom. The van der Waals surface area contributed by atoms with E-state index in [2.05, 4.69) is 27.7 Å². The van der Waals surface area contributed by atoms with Crippen LogP contribution in [0.3, 0.4) is 0 Å². The summed E-state index contributed by atoms with van der Waals surface area (Å²) in [7, 11) is 0. The molecule has 0 radical (unpaired) electrons. The molecule has 0 aromatic heterocycles. The van der Waals surface area contributed by atoms with Gasteiger partial charge in [-0.2, -0.15) is 0 Å². The number of ether oxygens (including phenoxy) is 3. The normalized spacial score (nSPS) is 11.9. The van der Waals surface area contributed by atoms with Gasteiger partial charge in [0.05, 0.1) is 0 Å². The van der Waals surface area contributed by atoms with Gasteiger partial charge in [-0.1, -0.05) is 201 Å². The Labute approximate surface area is 310 Å². The van der Waals surface area contributed by atoms with Crippen molar-refractivity contribution in [3.8, 4) is 0 Å². The van der Waals surface area contributed by atoms with Gasteiger partial charge in [0.25, 0.3) is 0 Å². The summed E-state index contributed by atoms with van der Waals surface area (Å²) >= 11 is 0. The Bertz CT molecular complexity index is 751. The molecule has 0 fully saturated rings. The quantitative estimate of drug-likeness (QED) is 0.0359. The minimum atomic E-state index is -0.758. The molecule has 0 N–H and O–H groups in total. The fourth-order valence-electron chi connectivity index (χ4n) is 6.45. The highest BCUT2D eigenvalue weighted by molar-refractivity contribution is 5.71. The lowest BCUT2D eigenvalue weighted by Gasteiger charge is -2.18. The van der Waals surface area contributed by atoms with Crippen LogP contribution in [-0.2, 0) is 28.6 Å². The van der Waals surface area contributed by atoms with Crippen LogP contribution in [0.15, 0.2) is 0 Å². The van der Waals surface area contributed by atoms with E-state index in [0.717, 1.165) is 63.7 Å². The van der Waals surface area contributed by atoms with Crippen LogP contribution in [0.1, 0.15) is 240 Å². The number of hydrogen-bond donors (Lipinski definition) is 0. The van der Waals surface area contributed by atoms with Crippen LogP contribution < -0.4 is 0 Å². The summed E-state index contributed by atoms with van der Waals surface area (Å²) < 4.78 is 16.7. The van der Waals surface area contributed by atoms with Crippen molar-refractivity contribution < 1.29 is 28.6 Å². The fraction of sp³-hybridized carbons (Fsp3) is 0.932. The van der Waals surface area contributed by atoms with Crippen LogP contribution in [0.25, 0.3) is 0 Å². The minimum absolute atomic E-state index is 0.0649. The Balaban J connectivity index is 4.33. The maximum Gasteiger partial charge on any atom is 0.306 e. The van der Waals surface area contributed by atoms with Crippen LogP contribution in [0.5, 0.6) is 0 Å². The molecule has 0 unspecified atom stereocenters. The fourth-order valence-corrected chi connectivity index (χ4v) is 6.45. The summed E-state index contributed by atoms with van der Waals surface area (Å²) in [5.41, 5.74) is 0. The van der Waals surface area contributed by atoms with Crippen molar-refractivity contribution in [2.45, 2.75) is 246 Å². The monoisotopic (exact) mass is 709 g/mol. The molecule has 296 valence electrons. The molecule has 0 amide bonds. The number of esters is 3. The predicted molar refractivity (Wildman–Crippen MR) is 210 cm³/mol. The van der Waals surface area contributed by atoms with Gasteiger partial charge in [-0.3, -0.25) is 14.4 Å². The van der Waals surface area contributed by atoms with Gasteiger partial charge in [0, 0.05) is 19.3 Å². The standard InChI is InChI=1S/C44H84O6/c1-5-7-9-11-13-15-17-18-19-21-23-29-33-37-44(47)50-41(39-49-43(46)36-32-28-25-24-26-30-34-40(3)4)38-48-42(45)35-31-27-22-20-16-14-12-10-8-6-2/h40-41H,5-39H2,1-4H3/t41-/m0/s1. The molecule has 0 aliphatic rings. The molecule has 0 heterocycles. The zero-order valence-electron chi connectivity index (χ0n) is 33.9. The van der Waals surface area contributed by atoms with Gasteiger partial charge in [0.15, 0.2) is 6.10 Å². The SMILES string of the molecule is CCCCCCCCCCCCCCCC(=O)O[C@@H](COC(=O)CCCCCCCCCCCC)COC(=O)CCCCCCCCC(C)C. The largest absolute Gasteiger partial charge is 0.462 e. The highest BCUT2D eigenvalue weighted by Crippen LogP contribution is 2.16. The van der Waals surface area contributed by atoms with Crippen LogP contribution >= 0.6 is 0 Å². The zero-order valence-corrected chi connectivity index (χ0v) is 33.9. The van der Waals surface area contributed by atoms with E-state index < -0.39 is 6.10 Å². The summed E-state index contributed by atoms with van der Waals surface area (Å²) in [5.74, 6) is -0.0988. The maximum atomic E-state index is 12.7. The molecule has 0 bridgehead atoms. The average Bonchev–Trinajstić information content (AvgIpc) is 3.09. The van der Waals surface area contributed by atoms with Gasteiger partial charge in [0.2, 0.25) is 0 Å². The molecule has 6 nitrogen and oxygen atoms in total. The first-order valence-corrected chi connectivity index (χ1v) is 21.9. The molecule has 0 saturated carbocycles. The first-order chi connectivity index (χ1) is 24.4. The molecule has 0 aliphatic heterocycles. The van der Waals surface area contributed by atoms with E-state index in [-0.39, 0.29) is 31.1 Å². The van der Waals surface area contributed by atoms with E-state index in [9.17, 15) is 14.4 Å². The van der Waals surface area contributed by atoms with Gasteiger partial charge in [0.1, 0.15) is 13.2 Å². The summed E-state index contributed by atoms with van der Waals surface area (Å²) in [5, 5.41) is 0. The molecule has 0 aliphatic carbocycles. The molecule has 0 rings (SSSR count). The minimum Gasteiger partial charge on any atom is -0.462 e. The molecule has 1 atom stereocenters. The van der Waals surface area contributed by atoms with Crippen molar-refractivity contribution >= 4 is 17.9 Å². The second-order valence-corrected chi connectivity index (χ2v) is 15.5. The number of carbonyl (C=O) groups excluding carboxylic acids is 3. The van der Waals surface area contributed by atoms with Crippen LogP contribution in [0, 0.1) is 5.92 Å². The number of rotatable bonds is 39. The van der Waals surface area contributed by atoms with E-state index in [4.69, 9.17) is 14.2 Å². The van der Waals surface area contributed by atoms with Gasteiger partial charge in [-0.15, -0.1) is 0 Å². The molecule has 0 aromatic carbocycles. The Morgan fingerprint density at radius 1 is 0.380 bits per heavy atom. The van der Waals surface area contributed by atoms with E-state index in [0.29, 0.717) is 19.3 Å². The number of hydrogen-bond acceptors (Lipinski definition) is 6. The van der Waals surface area contributed by atoms with E-state index in [1.807, 2.05) is 0 Å². The van der Waals surface area contributed by atoms with E-state index in [1.165, 1.54) is 135 Å². The number of carbonyl (C=O) groups is 3. The second-order valence-electron chi connectivity index (χ2n) is 15.5. The molecule has 0 spiro atoms. The first-order valence-electron chi connectivity index (χ1n) is 21.9. The molecular formula is C44H84O6. The smallest absolute Gasteiger partial charge is 0.306 e. The van der Waals surface area contributed by atoms with Crippen molar-refractivity contribution in [1.82, 2.24) is 0 Å². The van der Waals surface area contributed by atoms with Crippen LogP contribution in [-0.4, -0.2) is 37.2 Å². The summed E-state index contributed by atoms with van der Waals surface area (Å²) in [6.45, 7) is 8.90. The van der Waals surface area contributed by atoms with Crippen LogP contribution in [0.4, 0.5) is 0 Å². The third-order valence-corrected chi connectivity index (χ3v) is 9.79. The number of unbranched alkanes of at least 4 members (excludes halogenated alkanes) is 26. The molecule has 50 heavy (non-hydrogen) atoms. The molecular weight excluding hydrogens is 624 g/mol. The van der Waals surface area contributed by atoms with Crippen molar-refractivity contribution in [3.63, 3.8) is 0 Å². The third kappa shape index (κ3) is 37.7. The first kappa shape index (κ1) is 48.4. The van der Waals surface area contributed by atoms with Crippen molar-refractivity contribution in [2.24, 2.45) is 5.92 Å². The highest BCUT2D eigenvalue weighted by atomic mass is 16.6. The predicted octanol–water partition coefficient (Wildman–Crippen LogP) is 13.6. The zero-order chi connectivity index (χ0) is 36.8. The lowest BCUT2D eigenvalue weighted by atomic mass is 10.0. The van der Waals surface area contributed by atoms with Crippen molar-refractivity contribution in [2.75, 3.05) is 13.2 Å². The van der Waals surface area contributed by atoms with Gasteiger partial charge >= 0.3 is 17.9 Å². The summed E-state index contributed by atoms with van der Waals surface area (Å²) in [6, 6.07) is 0. The summed E-state index contributed by atoms with van der Waals surface area (Å²) in [4.78, 5) is 37.5. The van der Waals surface area contributed by atoms with Crippen LogP contribution in [0.2, 0.25) is 0 Å². The topological polar surface area (TPSA) is 78.9 Å². The lowest BCUT2D eigenvalue weighted by molar-refractivity contribution is -0.167. The third-order valence-electron chi connectivity index (χ3n) is 9.79. The van der Waals surface area contributed by atoms with Gasteiger partial charge in [-0.05, 0) is 25.2 Å². The van der Waals surface area contributed by atoms with Crippen molar-refractivity contribution in [3.05, 3.63) is 0 Å². The Hall–Kier alpha value is -1.59. The van der Waals surface area contributed by atoms with E-state index in [1.54, 1.807) is 0 Å². The Morgan fingerprint density at radius 3 is 0.980 bits per heavy atom. The average molecular weight is 709 g/mol. The maximum absolute atomic E-state index is 12.7. The lowest BCUT2D eigenvalue weighted by Crippen LogP contribution is -2.30. The van der Waals surface area contributed by atoms with Crippen molar-refractivity contribution in [1.29, 1.82) is 0 Å². The van der Waals surface area contributed by atoms with Gasteiger partial charge in [-0.25, -0.2) is 0 Å². The second kappa shape index (κ2) is 38.6.